The third kappa shape index (κ3) is 3.82. The lowest BCUT2D eigenvalue weighted by molar-refractivity contribution is -0.0512. The highest BCUT2D eigenvalue weighted by Crippen LogP contribution is 2.30. The summed E-state index contributed by atoms with van der Waals surface area (Å²) < 4.78 is 34.0. The number of halogens is 3. The smallest absolute Gasteiger partial charge is 0.387 e. The number of carbonyl (C=O) groups excluding carboxylic acids is 1. The second-order valence-corrected chi connectivity index (χ2v) is 4.40. The molecule has 0 saturated carbocycles. The number of anilines is 1. The van der Waals surface area contributed by atoms with Crippen LogP contribution in [0.4, 0.5) is 14.5 Å². The monoisotopic (exact) mass is 328 g/mol. The van der Waals surface area contributed by atoms with Gasteiger partial charge in [0.25, 0.3) is 5.91 Å². The lowest BCUT2D eigenvalue weighted by atomic mass is 10.2. The molecule has 22 heavy (non-hydrogen) atoms. The lowest BCUT2D eigenvalue weighted by Crippen LogP contribution is -2.13. The van der Waals surface area contributed by atoms with E-state index in [9.17, 15) is 13.6 Å². The highest BCUT2D eigenvalue weighted by atomic mass is 35.5. The van der Waals surface area contributed by atoms with Crippen LogP contribution in [0.2, 0.25) is 5.15 Å². The molecule has 0 unspecified atom stereocenters. The van der Waals surface area contributed by atoms with E-state index in [-0.39, 0.29) is 22.2 Å². The summed E-state index contributed by atoms with van der Waals surface area (Å²) in [7, 11) is 1.31. The number of alkyl halides is 2. The summed E-state index contributed by atoms with van der Waals surface area (Å²) in [5.74, 6) is -0.685. The largest absolute Gasteiger partial charge is 0.493 e. The first-order valence-electron chi connectivity index (χ1n) is 6.06. The molecule has 2 aromatic rings. The van der Waals surface area contributed by atoms with Gasteiger partial charge in [-0.15, -0.1) is 0 Å². The van der Waals surface area contributed by atoms with Crippen LogP contribution in [-0.2, 0) is 0 Å². The highest BCUT2D eigenvalue weighted by Gasteiger charge is 2.15. The molecule has 1 heterocycles. The van der Waals surface area contributed by atoms with Gasteiger partial charge in [0.05, 0.1) is 12.8 Å². The third-order valence-corrected chi connectivity index (χ3v) is 2.95. The molecule has 0 aliphatic rings. The Hall–Kier alpha value is -2.41. The van der Waals surface area contributed by atoms with E-state index < -0.39 is 12.5 Å². The van der Waals surface area contributed by atoms with Gasteiger partial charge in [-0.3, -0.25) is 4.79 Å². The van der Waals surface area contributed by atoms with Crippen molar-refractivity contribution in [3.8, 4) is 11.5 Å². The number of nitrogens with one attached hydrogen (secondary N) is 1. The van der Waals surface area contributed by atoms with Crippen molar-refractivity contribution in [1.29, 1.82) is 0 Å². The fourth-order valence-corrected chi connectivity index (χ4v) is 1.85. The molecule has 1 N–H and O–H groups in total. The predicted octanol–water partition coefficient (Wildman–Crippen LogP) is 3.60. The zero-order chi connectivity index (χ0) is 16.1. The Bertz CT molecular complexity index is 683. The van der Waals surface area contributed by atoms with Crippen LogP contribution < -0.4 is 14.8 Å². The maximum Gasteiger partial charge on any atom is 0.387 e. The van der Waals surface area contributed by atoms with E-state index in [2.05, 4.69) is 15.0 Å². The van der Waals surface area contributed by atoms with Gasteiger partial charge in [-0.1, -0.05) is 11.6 Å². The van der Waals surface area contributed by atoms with Crippen LogP contribution in [0.3, 0.4) is 0 Å². The molecule has 0 saturated heterocycles. The van der Waals surface area contributed by atoms with Crippen molar-refractivity contribution in [2.45, 2.75) is 6.61 Å². The quantitative estimate of drug-likeness (QED) is 0.852. The molecule has 0 bridgehead atoms. The van der Waals surface area contributed by atoms with E-state index in [0.29, 0.717) is 5.69 Å². The SMILES string of the molecule is COc1ccc(C(=O)Nc2cccnc2Cl)cc1OC(F)F. The van der Waals surface area contributed by atoms with Gasteiger partial charge in [-0.25, -0.2) is 4.98 Å². The number of amides is 1. The molecule has 1 aromatic carbocycles. The van der Waals surface area contributed by atoms with Gasteiger partial charge in [0.15, 0.2) is 16.7 Å². The fourth-order valence-electron chi connectivity index (χ4n) is 1.68. The Balaban J connectivity index is 2.24. The molecule has 0 aliphatic heterocycles. The second-order valence-electron chi connectivity index (χ2n) is 4.04. The molecule has 1 aromatic heterocycles. The average molecular weight is 329 g/mol. The first kappa shape index (κ1) is 16.0. The van der Waals surface area contributed by atoms with Crippen LogP contribution in [0.5, 0.6) is 11.5 Å². The van der Waals surface area contributed by atoms with E-state index in [1.54, 1.807) is 12.1 Å². The number of benzene rings is 1. The van der Waals surface area contributed by atoms with Gasteiger partial charge in [-0.2, -0.15) is 8.78 Å². The Morgan fingerprint density at radius 2 is 2.09 bits per heavy atom. The van der Waals surface area contributed by atoms with Crippen molar-refractivity contribution >= 4 is 23.2 Å². The number of carbonyl (C=O) groups is 1. The normalized spacial score (nSPS) is 10.4. The lowest BCUT2D eigenvalue weighted by Gasteiger charge is -2.12. The van der Waals surface area contributed by atoms with Crippen LogP contribution in [0.1, 0.15) is 10.4 Å². The molecule has 0 spiro atoms. The number of pyridine rings is 1. The minimum Gasteiger partial charge on any atom is -0.493 e. The maximum absolute atomic E-state index is 12.4. The van der Waals surface area contributed by atoms with Crippen LogP contribution in [0, 0.1) is 0 Å². The van der Waals surface area contributed by atoms with Crippen molar-refractivity contribution in [2.75, 3.05) is 12.4 Å². The van der Waals surface area contributed by atoms with Crippen molar-refractivity contribution in [3.05, 3.63) is 47.2 Å². The molecule has 2 rings (SSSR count). The maximum atomic E-state index is 12.4. The Kier molecular flexibility index (Phi) is 5.11. The van der Waals surface area contributed by atoms with Gasteiger partial charge in [0.2, 0.25) is 0 Å². The van der Waals surface area contributed by atoms with Gasteiger partial charge < -0.3 is 14.8 Å². The van der Waals surface area contributed by atoms with Crippen molar-refractivity contribution < 1.29 is 23.0 Å². The second kappa shape index (κ2) is 7.04. The average Bonchev–Trinajstić information content (AvgIpc) is 2.49. The van der Waals surface area contributed by atoms with Gasteiger partial charge in [0.1, 0.15) is 0 Å². The zero-order valence-corrected chi connectivity index (χ0v) is 12.1. The summed E-state index contributed by atoms with van der Waals surface area (Å²) in [5, 5.41) is 2.65. The summed E-state index contributed by atoms with van der Waals surface area (Å²) >= 11 is 5.83. The summed E-state index contributed by atoms with van der Waals surface area (Å²) in [5.41, 5.74) is 0.415. The molecular formula is C14H11ClF2N2O3. The highest BCUT2D eigenvalue weighted by molar-refractivity contribution is 6.32. The number of hydrogen-bond donors (Lipinski definition) is 1. The number of ether oxygens (including phenoxy) is 2. The van der Waals surface area contributed by atoms with Crippen molar-refractivity contribution in [2.24, 2.45) is 0 Å². The molecule has 8 heteroatoms. The number of rotatable bonds is 5. The topological polar surface area (TPSA) is 60.5 Å². The van der Waals surface area contributed by atoms with Crippen LogP contribution >= 0.6 is 11.6 Å². The van der Waals surface area contributed by atoms with Crippen molar-refractivity contribution in [1.82, 2.24) is 4.98 Å². The number of aromatic nitrogens is 1. The van der Waals surface area contributed by atoms with E-state index in [0.717, 1.165) is 6.07 Å². The summed E-state index contributed by atoms with van der Waals surface area (Å²) in [6.45, 7) is -3.03. The van der Waals surface area contributed by atoms with Gasteiger partial charge >= 0.3 is 6.61 Å². The van der Waals surface area contributed by atoms with E-state index in [1.165, 1.54) is 25.4 Å². The fraction of sp³-hybridized carbons (Fsp3) is 0.143. The molecule has 1 amide bonds. The standard InChI is InChI=1S/C14H11ClF2N2O3/c1-21-10-5-4-8(7-11(10)22-14(16)17)13(20)19-9-3-2-6-18-12(9)15/h2-7,14H,1H3,(H,19,20). The Labute approximate surface area is 129 Å². The molecule has 0 atom stereocenters. The van der Waals surface area contributed by atoms with Crippen LogP contribution in [0.25, 0.3) is 0 Å². The van der Waals surface area contributed by atoms with Crippen LogP contribution in [-0.4, -0.2) is 24.6 Å². The summed E-state index contributed by atoms with van der Waals surface area (Å²) in [4.78, 5) is 15.9. The first-order chi connectivity index (χ1) is 10.5. The van der Waals surface area contributed by atoms with Gasteiger partial charge in [-0.05, 0) is 30.3 Å². The Morgan fingerprint density at radius 3 is 2.73 bits per heavy atom. The number of hydrogen-bond acceptors (Lipinski definition) is 4. The molecule has 0 radical (unpaired) electrons. The minimum atomic E-state index is -3.03. The van der Waals surface area contributed by atoms with Gasteiger partial charge in [0, 0.05) is 11.8 Å². The zero-order valence-electron chi connectivity index (χ0n) is 11.3. The molecular weight excluding hydrogens is 318 g/mol. The summed E-state index contributed by atoms with van der Waals surface area (Å²) in [6.07, 6.45) is 1.47. The van der Waals surface area contributed by atoms with Crippen LogP contribution in [0.15, 0.2) is 36.5 Å². The molecule has 0 fully saturated rings. The minimum absolute atomic E-state index is 0.0938. The molecule has 5 nitrogen and oxygen atoms in total. The number of methoxy groups -OCH3 is 1. The summed E-state index contributed by atoms with van der Waals surface area (Å²) in [6, 6.07) is 7.09. The number of nitrogens with zero attached hydrogens (tertiary/aromatic N) is 1. The van der Waals surface area contributed by atoms with Crippen molar-refractivity contribution in [3.63, 3.8) is 0 Å². The Morgan fingerprint density at radius 1 is 1.32 bits per heavy atom. The molecule has 0 aliphatic carbocycles. The van der Waals surface area contributed by atoms with E-state index >= 15 is 0 Å². The van der Waals surface area contributed by atoms with E-state index in [1.807, 2.05) is 0 Å². The first-order valence-corrected chi connectivity index (χ1v) is 6.43. The third-order valence-electron chi connectivity index (χ3n) is 2.65. The molecule has 116 valence electrons. The van der Waals surface area contributed by atoms with E-state index in [4.69, 9.17) is 16.3 Å². The predicted molar refractivity (Wildman–Crippen MR) is 76.8 cm³/mol.